The van der Waals surface area contributed by atoms with Crippen LogP contribution in [0.4, 0.5) is 11.8 Å². The van der Waals surface area contributed by atoms with Crippen molar-refractivity contribution in [3.63, 3.8) is 0 Å². The summed E-state index contributed by atoms with van der Waals surface area (Å²) in [7, 11) is 0. The summed E-state index contributed by atoms with van der Waals surface area (Å²) >= 11 is 0. The third-order valence-electron chi connectivity index (χ3n) is 5.52. The first kappa shape index (κ1) is 17.4. The van der Waals surface area contributed by atoms with E-state index in [1.165, 1.54) is 5.56 Å². The fourth-order valence-electron chi connectivity index (χ4n) is 4.00. The maximum Gasteiger partial charge on any atom is 0.222 e. The van der Waals surface area contributed by atoms with Gasteiger partial charge in [-0.25, -0.2) is 4.98 Å². The molecule has 3 heterocycles. The molecule has 134 valence electrons. The molecule has 3 N–H and O–H groups in total. The second kappa shape index (κ2) is 7.23. The zero-order valence-corrected chi connectivity index (χ0v) is 14.9. The van der Waals surface area contributed by atoms with E-state index in [0.29, 0.717) is 5.95 Å². The van der Waals surface area contributed by atoms with Crippen LogP contribution in [0, 0.1) is 6.92 Å². The molecule has 0 saturated carbocycles. The molecule has 2 aliphatic rings. The summed E-state index contributed by atoms with van der Waals surface area (Å²) in [6, 6.07) is 0. The van der Waals surface area contributed by atoms with E-state index in [1.807, 2.05) is 6.92 Å². The SMILES string of the molecule is CCCCc1c(C)nc(N)nc1N1CCC2(CC1)OCCCC2O. The second-order valence-corrected chi connectivity index (χ2v) is 7.13. The number of anilines is 2. The van der Waals surface area contributed by atoms with Crippen molar-refractivity contribution in [2.75, 3.05) is 30.3 Å². The van der Waals surface area contributed by atoms with Gasteiger partial charge in [-0.05, 0) is 45.4 Å². The number of rotatable bonds is 4. The van der Waals surface area contributed by atoms with E-state index in [9.17, 15) is 5.11 Å². The maximum atomic E-state index is 10.4. The number of nitrogens with zero attached hydrogens (tertiary/aromatic N) is 3. The van der Waals surface area contributed by atoms with Crippen LogP contribution in [0.1, 0.15) is 56.7 Å². The van der Waals surface area contributed by atoms with Gasteiger partial charge in [-0.3, -0.25) is 0 Å². The summed E-state index contributed by atoms with van der Waals surface area (Å²) in [5.41, 5.74) is 7.75. The highest BCUT2D eigenvalue weighted by atomic mass is 16.5. The molecule has 24 heavy (non-hydrogen) atoms. The fraction of sp³-hybridized carbons (Fsp3) is 0.778. The molecule has 0 radical (unpaired) electrons. The molecule has 0 aromatic carbocycles. The van der Waals surface area contributed by atoms with Crippen molar-refractivity contribution in [2.24, 2.45) is 0 Å². The highest BCUT2D eigenvalue weighted by Crippen LogP contribution is 2.37. The van der Waals surface area contributed by atoms with Crippen LogP contribution in [0.3, 0.4) is 0 Å². The van der Waals surface area contributed by atoms with Gasteiger partial charge in [0.25, 0.3) is 0 Å². The van der Waals surface area contributed by atoms with E-state index in [4.69, 9.17) is 10.5 Å². The lowest BCUT2D eigenvalue weighted by Gasteiger charge is -2.47. The lowest BCUT2D eigenvalue weighted by molar-refractivity contribution is -0.164. The van der Waals surface area contributed by atoms with Crippen LogP contribution in [0.2, 0.25) is 0 Å². The van der Waals surface area contributed by atoms with Gasteiger partial charge in [0, 0.05) is 31.0 Å². The standard InChI is InChI=1S/C18H30N4O2/c1-3-4-6-14-13(2)20-17(19)21-16(14)22-10-8-18(9-11-22)15(23)7-5-12-24-18/h15,23H,3-12H2,1-2H3,(H2,19,20,21). The summed E-state index contributed by atoms with van der Waals surface area (Å²) in [6.45, 7) is 6.65. The molecule has 3 rings (SSSR count). The molecule has 2 aliphatic heterocycles. The molecule has 2 fully saturated rings. The minimum atomic E-state index is -0.355. The van der Waals surface area contributed by atoms with Gasteiger partial charge in [0.2, 0.25) is 5.95 Å². The van der Waals surface area contributed by atoms with E-state index in [1.54, 1.807) is 0 Å². The van der Waals surface area contributed by atoms with Crippen molar-refractivity contribution in [3.05, 3.63) is 11.3 Å². The normalized spacial score (nSPS) is 23.6. The Labute approximate surface area is 144 Å². The van der Waals surface area contributed by atoms with Crippen molar-refractivity contribution in [2.45, 2.75) is 70.5 Å². The number of aliphatic hydroxyl groups excluding tert-OH is 1. The molecule has 1 aromatic rings. The summed E-state index contributed by atoms with van der Waals surface area (Å²) in [5, 5.41) is 10.4. The molecule has 1 aromatic heterocycles. The van der Waals surface area contributed by atoms with Crippen molar-refractivity contribution in [1.82, 2.24) is 9.97 Å². The first-order valence-electron chi connectivity index (χ1n) is 9.25. The molecule has 1 atom stereocenters. The van der Waals surface area contributed by atoms with Gasteiger partial charge in [-0.15, -0.1) is 0 Å². The molecule has 0 amide bonds. The maximum absolute atomic E-state index is 10.4. The van der Waals surface area contributed by atoms with Crippen LogP contribution in [-0.4, -0.2) is 46.5 Å². The number of ether oxygens (including phenoxy) is 1. The van der Waals surface area contributed by atoms with Gasteiger partial charge in [-0.1, -0.05) is 13.3 Å². The molecular formula is C18H30N4O2. The number of unbranched alkanes of at least 4 members (excludes halogenated alkanes) is 1. The van der Waals surface area contributed by atoms with Crippen molar-refractivity contribution < 1.29 is 9.84 Å². The monoisotopic (exact) mass is 334 g/mol. The van der Waals surface area contributed by atoms with Crippen LogP contribution in [0.25, 0.3) is 0 Å². The number of nitrogen functional groups attached to an aromatic ring is 1. The third-order valence-corrected chi connectivity index (χ3v) is 5.52. The molecule has 6 nitrogen and oxygen atoms in total. The molecule has 0 aliphatic carbocycles. The minimum absolute atomic E-state index is 0.342. The van der Waals surface area contributed by atoms with Crippen LogP contribution >= 0.6 is 0 Å². The van der Waals surface area contributed by atoms with Crippen molar-refractivity contribution in [3.8, 4) is 0 Å². The zero-order valence-electron chi connectivity index (χ0n) is 14.9. The molecule has 6 heteroatoms. The number of aryl methyl sites for hydroxylation is 1. The fourth-order valence-corrected chi connectivity index (χ4v) is 4.00. The average Bonchev–Trinajstić information content (AvgIpc) is 2.57. The molecular weight excluding hydrogens is 304 g/mol. The van der Waals surface area contributed by atoms with Crippen molar-refractivity contribution in [1.29, 1.82) is 0 Å². The van der Waals surface area contributed by atoms with Gasteiger partial charge in [-0.2, -0.15) is 4.98 Å². The lowest BCUT2D eigenvalue weighted by Crippen LogP contribution is -2.55. The van der Waals surface area contributed by atoms with E-state index in [2.05, 4.69) is 21.8 Å². The van der Waals surface area contributed by atoms with Gasteiger partial charge in [0.05, 0.1) is 11.7 Å². The topological polar surface area (TPSA) is 84.5 Å². The van der Waals surface area contributed by atoms with E-state index in [-0.39, 0.29) is 11.7 Å². The second-order valence-electron chi connectivity index (χ2n) is 7.13. The van der Waals surface area contributed by atoms with Crippen molar-refractivity contribution >= 4 is 11.8 Å². The summed E-state index contributed by atoms with van der Waals surface area (Å²) in [4.78, 5) is 11.2. The predicted molar refractivity (Wildman–Crippen MR) is 95.2 cm³/mol. The van der Waals surface area contributed by atoms with Crippen LogP contribution < -0.4 is 10.6 Å². The van der Waals surface area contributed by atoms with E-state index >= 15 is 0 Å². The van der Waals surface area contributed by atoms with Crippen LogP contribution in [0.5, 0.6) is 0 Å². The molecule has 1 unspecified atom stereocenters. The Morgan fingerprint density at radius 3 is 2.75 bits per heavy atom. The highest BCUT2D eigenvalue weighted by Gasteiger charge is 2.44. The zero-order chi connectivity index (χ0) is 17.2. The first-order valence-corrected chi connectivity index (χ1v) is 9.25. The number of aromatic nitrogens is 2. The van der Waals surface area contributed by atoms with Gasteiger partial charge in [0.15, 0.2) is 0 Å². The summed E-state index contributed by atoms with van der Waals surface area (Å²) in [5.74, 6) is 1.32. The van der Waals surface area contributed by atoms with Gasteiger partial charge < -0.3 is 20.5 Å². The third kappa shape index (κ3) is 3.35. The first-order chi connectivity index (χ1) is 11.6. The number of piperidine rings is 1. The van der Waals surface area contributed by atoms with Crippen LogP contribution in [-0.2, 0) is 11.2 Å². The average molecular weight is 334 g/mol. The van der Waals surface area contributed by atoms with E-state index < -0.39 is 0 Å². The number of hydrogen-bond donors (Lipinski definition) is 2. The molecule has 2 saturated heterocycles. The Hall–Kier alpha value is -1.40. The number of nitrogens with two attached hydrogens (primary N) is 1. The highest BCUT2D eigenvalue weighted by molar-refractivity contribution is 5.52. The smallest absolute Gasteiger partial charge is 0.222 e. The summed E-state index contributed by atoms with van der Waals surface area (Å²) < 4.78 is 6.01. The summed E-state index contributed by atoms with van der Waals surface area (Å²) in [6.07, 6.45) is 6.39. The lowest BCUT2D eigenvalue weighted by atomic mass is 9.82. The Morgan fingerprint density at radius 2 is 2.08 bits per heavy atom. The molecule has 1 spiro atoms. The number of hydrogen-bond acceptors (Lipinski definition) is 6. The Balaban J connectivity index is 1.78. The Kier molecular flexibility index (Phi) is 5.25. The van der Waals surface area contributed by atoms with Gasteiger partial charge in [0.1, 0.15) is 5.82 Å². The van der Waals surface area contributed by atoms with Gasteiger partial charge >= 0.3 is 0 Å². The quantitative estimate of drug-likeness (QED) is 0.878. The molecule has 0 bridgehead atoms. The van der Waals surface area contributed by atoms with E-state index in [0.717, 1.165) is 76.2 Å². The Bertz CT molecular complexity index is 570. The minimum Gasteiger partial charge on any atom is -0.390 e. The predicted octanol–water partition coefficient (Wildman–Crippen LogP) is 2.22. The number of aliphatic hydroxyl groups is 1. The largest absolute Gasteiger partial charge is 0.390 e. The Morgan fingerprint density at radius 1 is 1.33 bits per heavy atom. The van der Waals surface area contributed by atoms with Crippen LogP contribution in [0.15, 0.2) is 0 Å².